The van der Waals surface area contributed by atoms with Crippen LogP contribution in [0.4, 0.5) is 4.79 Å². The van der Waals surface area contributed by atoms with Crippen LogP contribution in [0.2, 0.25) is 0 Å². The number of carbonyl (C=O) groups is 2. The van der Waals surface area contributed by atoms with Gasteiger partial charge >= 0.3 is 12.1 Å². The topological polar surface area (TPSA) is 64.6 Å². The standard InChI is InChI=1S/C12H21NO4/c1-5-7-13-11(15)17-9-8-16-10(14)12(3,4)6-2/h5H,1,6-9H2,2-4H3,(H,13,15). The van der Waals surface area contributed by atoms with Gasteiger partial charge in [0.15, 0.2) is 0 Å². The van der Waals surface area contributed by atoms with Gasteiger partial charge in [0.05, 0.1) is 5.41 Å². The maximum absolute atomic E-state index is 11.5. The molecule has 0 fully saturated rings. The molecular weight excluding hydrogens is 222 g/mol. The number of hydrogen-bond donors (Lipinski definition) is 1. The second-order valence-electron chi connectivity index (χ2n) is 4.18. The van der Waals surface area contributed by atoms with Gasteiger partial charge in [-0.25, -0.2) is 4.79 Å². The van der Waals surface area contributed by atoms with Crippen molar-refractivity contribution in [3.8, 4) is 0 Å². The van der Waals surface area contributed by atoms with Crippen molar-refractivity contribution in [2.24, 2.45) is 5.41 Å². The van der Waals surface area contributed by atoms with Crippen LogP contribution in [0.3, 0.4) is 0 Å². The Balaban J connectivity index is 3.68. The molecule has 1 N–H and O–H groups in total. The monoisotopic (exact) mass is 243 g/mol. The number of ether oxygens (including phenoxy) is 2. The highest BCUT2D eigenvalue weighted by atomic mass is 16.6. The van der Waals surface area contributed by atoms with Gasteiger partial charge in [-0.2, -0.15) is 0 Å². The smallest absolute Gasteiger partial charge is 0.407 e. The summed E-state index contributed by atoms with van der Waals surface area (Å²) in [6.45, 7) is 9.46. The van der Waals surface area contributed by atoms with E-state index in [-0.39, 0.29) is 19.2 Å². The van der Waals surface area contributed by atoms with E-state index in [9.17, 15) is 9.59 Å². The molecule has 0 aliphatic carbocycles. The zero-order chi connectivity index (χ0) is 13.3. The molecule has 5 nitrogen and oxygen atoms in total. The Morgan fingerprint density at radius 3 is 2.41 bits per heavy atom. The van der Waals surface area contributed by atoms with Crippen LogP contribution in [0.25, 0.3) is 0 Å². The molecule has 0 aromatic rings. The van der Waals surface area contributed by atoms with E-state index in [1.165, 1.54) is 0 Å². The molecule has 0 rings (SSSR count). The zero-order valence-corrected chi connectivity index (χ0v) is 10.7. The summed E-state index contributed by atoms with van der Waals surface area (Å²) in [6, 6.07) is 0. The first kappa shape index (κ1) is 15.5. The quantitative estimate of drug-likeness (QED) is 0.421. The van der Waals surface area contributed by atoms with Crippen molar-refractivity contribution < 1.29 is 19.1 Å². The van der Waals surface area contributed by atoms with Crippen LogP contribution >= 0.6 is 0 Å². The molecule has 0 aliphatic heterocycles. The average molecular weight is 243 g/mol. The Morgan fingerprint density at radius 2 is 1.88 bits per heavy atom. The lowest BCUT2D eigenvalue weighted by molar-refractivity contribution is -0.155. The lowest BCUT2D eigenvalue weighted by Crippen LogP contribution is -2.29. The molecular formula is C12H21NO4. The number of hydrogen-bond acceptors (Lipinski definition) is 4. The molecule has 0 saturated carbocycles. The molecule has 0 spiro atoms. The Morgan fingerprint density at radius 1 is 1.29 bits per heavy atom. The minimum Gasteiger partial charge on any atom is -0.462 e. The van der Waals surface area contributed by atoms with Crippen LogP contribution in [0.1, 0.15) is 27.2 Å². The van der Waals surface area contributed by atoms with E-state index >= 15 is 0 Å². The third-order valence-corrected chi connectivity index (χ3v) is 2.38. The summed E-state index contributed by atoms with van der Waals surface area (Å²) in [6.07, 6.45) is 1.70. The first-order chi connectivity index (χ1) is 7.94. The Labute approximate surface area is 102 Å². The van der Waals surface area contributed by atoms with Gasteiger partial charge < -0.3 is 14.8 Å². The lowest BCUT2D eigenvalue weighted by Gasteiger charge is -2.20. The SMILES string of the molecule is C=CCNC(=O)OCCOC(=O)C(C)(C)CC. The van der Waals surface area contributed by atoms with Gasteiger partial charge in [0, 0.05) is 6.54 Å². The molecule has 1 amide bonds. The van der Waals surface area contributed by atoms with Crippen LogP contribution < -0.4 is 5.32 Å². The maximum atomic E-state index is 11.5. The molecule has 0 radical (unpaired) electrons. The highest BCUT2D eigenvalue weighted by molar-refractivity contribution is 5.75. The van der Waals surface area contributed by atoms with E-state index in [0.717, 1.165) is 0 Å². The summed E-state index contributed by atoms with van der Waals surface area (Å²) in [5.74, 6) is -0.282. The highest BCUT2D eigenvalue weighted by Crippen LogP contribution is 2.21. The fourth-order valence-electron chi connectivity index (χ4n) is 0.815. The Bertz CT molecular complexity index is 274. The number of nitrogens with one attached hydrogen (secondary N) is 1. The van der Waals surface area contributed by atoms with Gasteiger partial charge in [-0.3, -0.25) is 4.79 Å². The fourth-order valence-corrected chi connectivity index (χ4v) is 0.815. The first-order valence-corrected chi connectivity index (χ1v) is 5.62. The summed E-state index contributed by atoms with van der Waals surface area (Å²) in [4.78, 5) is 22.5. The van der Waals surface area contributed by atoms with E-state index < -0.39 is 11.5 Å². The second kappa shape index (κ2) is 7.70. The summed E-state index contributed by atoms with van der Waals surface area (Å²) < 4.78 is 9.75. The Hall–Kier alpha value is -1.52. The number of alkyl carbamates (subject to hydrolysis) is 1. The van der Waals surface area contributed by atoms with Crippen LogP contribution in [-0.4, -0.2) is 31.8 Å². The maximum Gasteiger partial charge on any atom is 0.407 e. The van der Waals surface area contributed by atoms with Crippen molar-refractivity contribution >= 4 is 12.1 Å². The third-order valence-electron chi connectivity index (χ3n) is 2.38. The van der Waals surface area contributed by atoms with Crippen LogP contribution in [0.5, 0.6) is 0 Å². The third kappa shape index (κ3) is 6.60. The number of rotatable bonds is 7. The van der Waals surface area contributed by atoms with Crippen molar-refractivity contribution in [1.82, 2.24) is 5.32 Å². The van der Waals surface area contributed by atoms with Crippen molar-refractivity contribution in [3.05, 3.63) is 12.7 Å². The van der Waals surface area contributed by atoms with E-state index in [0.29, 0.717) is 13.0 Å². The summed E-state index contributed by atoms with van der Waals surface area (Å²) >= 11 is 0. The van der Waals surface area contributed by atoms with Crippen molar-refractivity contribution in [2.45, 2.75) is 27.2 Å². The highest BCUT2D eigenvalue weighted by Gasteiger charge is 2.26. The van der Waals surface area contributed by atoms with Crippen molar-refractivity contribution in [2.75, 3.05) is 19.8 Å². The van der Waals surface area contributed by atoms with Gasteiger partial charge in [-0.1, -0.05) is 13.0 Å². The molecule has 17 heavy (non-hydrogen) atoms. The molecule has 0 aromatic heterocycles. The molecule has 98 valence electrons. The minimum absolute atomic E-state index is 0.0501. The largest absolute Gasteiger partial charge is 0.462 e. The van der Waals surface area contributed by atoms with Gasteiger partial charge in [-0.15, -0.1) is 6.58 Å². The summed E-state index contributed by atoms with van der Waals surface area (Å²) in [5.41, 5.74) is -0.495. The summed E-state index contributed by atoms with van der Waals surface area (Å²) in [5, 5.41) is 2.44. The molecule has 0 saturated heterocycles. The van der Waals surface area contributed by atoms with Crippen molar-refractivity contribution in [1.29, 1.82) is 0 Å². The molecule has 0 unspecified atom stereocenters. The van der Waals surface area contributed by atoms with Gasteiger partial charge in [0.25, 0.3) is 0 Å². The Kier molecular flexibility index (Phi) is 7.02. The number of esters is 1. The van der Waals surface area contributed by atoms with Gasteiger partial charge in [-0.05, 0) is 20.3 Å². The molecule has 0 aromatic carbocycles. The molecule has 0 heterocycles. The molecule has 0 atom stereocenters. The normalized spacial score (nSPS) is 10.5. The fraction of sp³-hybridized carbons (Fsp3) is 0.667. The molecule has 0 bridgehead atoms. The van der Waals surface area contributed by atoms with Gasteiger partial charge in [0.1, 0.15) is 13.2 Å². The van der Waals surface area contributed by atoms with E-state index in [1.807, 2.05) is 20.8 Å². The van der Waals surface area contributed by atoms with Crippen LogP contribution in [0.15, 0.2) is 12.7 Å². The van der Waals surface area contributed by atoms with E-state index in [2.05, 4.69) is 11.9 Å². The molecule has 5 heteroatoms. The predicted octanol–water partition coefficient (Wildman–Crippen LogP) is 1.88. The first-order valence-electron chi connectivity index (χ1n) is 5.62. The minimum atomic E-state index is -0.546. The van der Waals surface area contributed by atoms with Crippen molar-refractivity contribution in [3.63, 3.8) is 0 Å². The average Bonchev–Trinajstić information content (AvgIpc) is 2.31. The van der Waals surface area contributed by atoms with E-state index in [4.69, 9.17) is 9.47 Å². The zero-order valence-electron chi connectivity index (χ0n) is 10.7. The lowest BCUT2D eigenvalue weighted by atomic mass is 9.91. The predicted molar refractivity (Wildman–Crippen MR) is 64.6 cm³/mol. The number of amides is 1. The van der Waals surface area contributed by atoms with E-state index in [1.54, 1.807) is 6.08 Å². The van der Waals surface area contributed by atoms with Crippen LogP contribution in [-0.2, 0) is 14.3 Å². The molecule has 0 aliphatic rings. The second-order valence-corrected chi connectivity index (χ2v) is 4.18. The van der Waals surface area contributed by atoms with Gasteiger partial charge in [0.2, 0.25) is 0 Å². The van der Waals surface area contributed by atoms with Crippen LogP contribution in [0, 0.1) is 5.41 Å². The number of carbonyl (C=O) groups excluding carboxylic acids is 2. The summed E-state index contributed by atoms with van der Waals surface area (Å²) in [7, 11) is 0.